The number of hydrogen-bond donors (Lipinski definition) is 0. The smallest absolute Gasteiger partial charge is 0.0238 e. The Labute approximate surface area is 101 Å². The largest absolute Gasteiger partial charge is 0.0788 e. The Balaban J connectivity index is 2.08. The van der Waals surface area contributed by atoms with Crippen LogP contribution in [0.3, 0.4) is 0 Å². The van der Waals surface area contributed by atoms with E-state index in [1.165, 1.54) is 38.5 Å². The number of alkyl halides is 1. The topological polar surface area (TPSA) is 0 Å². The third-order valence-corrected chi connectivity index (χ3v) is 5.94. The summed E-state index contributed by atoms with van der Waals surface area (Å²) < 4.78 is 0.658. The number of hydrogen-bond acceptors (Lipinski definition) is 0. The van der Waals surface area contributed by atoms with Crippen molar-refractivity contribution in [2.45, 2.75) is 62.7 Å². The second-order valence-corrected chi connectivity index (χ2v) is 9.93. The van der Waals surface area contributed by atoms with Crippen LogP contribution < -0.4 is 0 Å². The predicted molar refractivity (Wildman–Crippen MR) is 68.8 cm³/mol. The van der Waals surface area contributed by atoms with Crippen LogP contribution in [0.2, 0.25) is 0 Å². The van der Waals surface area contributed by atoms with Gasteiger partial charge in [0.15, 0.2) is 0 Å². The fraction of sp³-hybridized carbons (Fsp3) is 1.00. The van der Waals surface area contributed by atoms with Crippen LogP contribution in [0.4, 0.5) is 0 Å². The van der Waals surface area contributed by atoms with Crippen LogP contribution in [-0.2, 0) is 0 Å². The second kappa shape index (κ2) is 2.36. The highest BCUT2D eigenvalue weighted by atomic mass is 127. The molecule has 0 spiro atoms. The fourth-order valence-electron chi connectivity index (χ4n) is 6.14. The lowest BCUT2D eigenvalue weighted by Gasteiger charge is -2.67. The highest BCUT2D eigenvalue weighted by Gasteiger charge is 2.63. The molecule has 0 aromatic rings. The lowest BCUT2D eigenvalue weighted by molar-refractivity contribution is -0.118. The van der Waals surface area contributed by atoms with Gasteiger partial charge < -0.3 is 0 Å². The zero-order chi connectivity index (χ0) is 10.2. The Bertz CT molecular complexity index is 198. The van der Waals surface area contributed by atoms with Gasteiger partial charge in [-0.2, -0.15) is 0 Å². The maximum atomic E-state index is 2.80. The van der Waals surface area contributed by atoms with Gasteiger partial charge >= 0.3 is 0 Å². The highest BCUT2D eigenvalue weighted by molar-refractivity contribution is 14.1. The first kappa shape index (κ1) is 9.92. The summed E-state index contributed by atoms with van der Waals surface area (Å²) >= 11 is 2.80. The molecule has 14 heavy (non-hydrogen) atoms. The predicted octanol–water partition coefficient (Wildman–Crippen LogP) is 4.56. The molecule has 0 atom stereocenters. The van der Waals surface area contributed by atoms with Crippen molar-refractivity contribution in [2.24, 2.45) is 16.2 Å². The summed E-state index contributed by atoms with van der Waals surface area (Å²) in [6, 6.07) is 0. The van der Waals surface area contributed by atoms with Crippen LogP contribution in [0, 0.1) is 16.2 Å². The van der Waals surface area contributed by atoms with Gasteiger partial charge in [0.25, 0.3) is 0 Å². The first-order chi connectivity index (χ1) is 6.24. The monoisotopic (exact) mass is 304 g/mol. The molecule has 0 amide bonds. The van der Waals surface area contributed by atoms with Gasteiger partial charge in [-0.25, -0.2) is 0 Å². The number of halogens is 1. The normalized spacial score (nSPS) is 66.0. The summed E-state index contributed by atoms with van der Waals surface area (Å²) in [7, 11) is 0. The summed E-state index contributed by atoms with van der Waals surface area (Å²) in [5.41, 5.74) is 2.04. The Morgan fingerprint density at radius 3 is 1.14 bits per heavy atom. The van der Waals surface area contributed by atoms with Crippen LogP contribution in [0.5, 0.6) is 0 Å². The zero-order valence-electron chi connectivity index (χ0n) is 9.62. The average molecular weight is 304 g/mol. The van der Waals surface area contributed by atoms with E-state index >= 15 is 0 Å². The van der Waals surface area contributed by atoms with E-state index in [1.54, 1.807) is 0 Å². The fourth-order valence-corrected chi connectivity index (χ4v) is 8.90. The van der Waals surface area contributed by atoms with Gasteiger partial charge in [-0.3, -0.25) is 0 Å². The van der Waals surface area contributed by atoms with Crippen LogP contribution >= 0.6 is 22.6 Å². The van der Waals surface area contributed by atoms with E-state index < -0.39 is 0 Å². The minimum Gasteiger partial charge on any atom is -0.0788 e. The SMILES string of the molecule is CC12CC3(C)CC(C)(C1)CC(I)(C2)C3. The summed E-state index contributed by atoms with van der Waals surface area (Å²) in [6.45, 7) is 7.65. The van der Waals surface area contributed by atoms with E-state index in [1.807, 2.05) is 0 Å². The second-order valence-electron chi connectivity index (χ2n) is 7.64. The standard InChI is InChI=1S/C13H21I/c1-10-4-11(2)6-12(3,5-10)9-13(14,7-10)8-11/h4-9H2,1-3H3. The van der Waals surface area contributed by atoms with E-state index in [0.29, 0.717) is 19.7 Å². The van der Waals surface area contributed by atoms with Crippen molar-refractivity contribution in [2.75, 3.05) is 0 Å². The number of rotatable bonds is 0. The molecule has 0 unspecified atom stereocenters. The summed E-state index contributed by atoms with van der Waals surface area (Å²) in [5, 5.41) is 0. The molecule has 0 aliphatic heterocycles. The first-order valence-corrected chi connectivity index (χ1v) is 7.01. The molecule has 4 saturated carbocycles. The van der Waals surface area contributed by atoms with Crippen molar-refractivity contribution in [1.29, 1.82) is 0 Å². The van der Waals surface area contributed by atoms with Crippen molar-refractivity contribution in [1.82, 2.24) is 0 Å². The van der Waals surface area contributed by atoms with Crippen LogP contribution in [-0.4, -0.2) is 3.42 Å². The molecule has 0 aromatic carbocycles. The summed E-state index contributed by atoms with van der Waals surface area (Å²) in [6.07, 6.45) is 8.98. The van der Waals surface area contributed by atoms with Crippen LogP contribution in [0.25, 0.3) is 0 Å². The Morgan fingerprint density at radius 2 is 0.929 bits per heavy atom. The van der Waals surface area contributed by atoms with Crippen LogP contribution in [0.15, 0.2) is 0 Å². The third kappa shape index (κ3) is 1.30. The van der Waals surface area contributed by atoms with Gasteiger partial charge in [-0.05, 0) is 54.8 Å². The van der Waals surface area contributed by atoms with Gasteiger partial charge in [0.2, 0.25) is 0 Å². The van der Waals surface area contributed by atoms with E-state index in [4.69, 9.17) is 0 Å². The Morgan fingerprint density at radius 1 is 0.643 bits per heavy atom. The Kier molecular flexibility index (Phi) is 1.67. The molecule has 4 aliphatic rings. The maximum absolute atomic E-state index is 2.80. The molecule has 0 nitrogen and oxygen atoms in total. The zero-order valence-corrected chi connectivity index (χ0v) is 11.8. The molecule has 4 rings (SSSR count). The van der Waals surface area contributed by atoms with Gasteiger partial charge in [-0.1, -0.05) is 43.4 Å². The molecule has 0 heterocycles. The van der Waals surface area contributed by atoms with Crippen molar-refractivity contribution in [3.8, 4) is 0 Å². The van der Waals surface area contributed by atoms with Crippen molar-refractivity contribution < 1.29 is 0 Å². The van der Waals surface area contributed by atoms with E-state index in [9.17, 15) is 0 Å². The lowest BCUT2D eigenvalue weighted by Crippen LogP contribution is -2.59. The highest BCUT2D eigenvalue weighted by Crippen LogP contribution is 2.72. The minimum atomic E-state index is 0.658. The molecule has 4 aliphatic carbocycles. The molecule has 4 bridgehead atoms. The van der Waals surface area contributed by atoms with E-state index in [0.717, 1.165) is 0 Å². The average Bonchev–Trinajstić information content (AvgIpc) is 1.67. The lowest BCUT2D eigenvalue weighted by atomic mass is 9.41. The summed E-state index contributed by atoms with van der Waals surface area (Å²) in [4.78, 5) is 0. The van der Waals surface area contributed by atoms with Gasteiger partial charge in [-0.15, -0.1) is 0 Å². The first-order valence-electron chi connectivity index (χ1n) is 5.93. The minimum absolute atomic E-state index is 0.658. The van der Waals surface area contributed by atoms with Crippen molar-refractivity contribution >= 4 is 22.6 Å². The van der Waals surface area contributed by atoms with Gasteiger partial charge in [0.1, 0.15) is 0 Å². The van der Waals surface area contributed by atoms with Crippen LogP contribution in [0.1, 0.15) is 59.3 Å². The summed E-state index contributed by atoms with van der Waals surface area (Å²) in [5.74, 6) is 0. The molecule has 80 valence electrons. The van der Waals surface area contributed by atoms with Crippen molar-refractivity contribution in [3.05, 3.63) is 0 Å². The molecular formula is C13H21I. The van der Waals surface area contributed by atoms with E-state index in [-0.39, 0.29) is 0 Å². The molecule has 0 saturated heterocycles. The molecule has 0 N–H and O–H groups in total. The van der Waals surface area contributed by atoms with Gasteiger partial charge in [0, 0.05) is 3.42 Å². The van der Waals surface area contributed by atoms with Gasteiger partial charge in [0.05, 0.1) is 0 Å². The molecule has 1 heteroatoms. The molecule has 0 aromatic heterocycles. The molecule has 0 radical (unpaired) electrons. The van der Waals surface area contributed by atoms with E-state index in [2.05, 4.69) is 43.4 Å². The van der Waals surface area contributed by atoms with Crippen molar-refractivity contribution in [3.63, 3.8) is 0 Å². The molecule has 4 fully saturated rings. The quantitative estimate of drug-likeness (QED) is 0.454. The molecular weight excluding hydrogens is 283 g/mol. The Hall–Kier alpha value is 0.730. The third-order valence-electron chi connectivity index (χ3n) is 4.79. The maximum Gasteiger partial charge on any atom is 0.0238 e.